The summed E-state index contributed by atoms with van der Waals surface area (Å²) in [5.41, 5.74) is 4.55. The van der Waals surface area contributed by atoms with Gasteiger partial charge in [-0.15, -0.1) is 0 Å². The maximum atomic E-state index is 11.7. The number of nitrogens with zero attached hydrogens (tertiary/aromatic N) is 2. The number of carbonyl (C=O) groups is 1. The summed E-state index contributed by atoms with van der Waals surface area (Å²) in [5.74, 6) is 0.178. The van der Waals surface area contributed by atoms with Crippen LogP contribution in [-0.2, 0) is 4.79 Å². The summed E-state index contributed by atoms with van der Waals surface area (Å²) in [7, 11) is 0. The summed E-state index contributed by atoms with van der Waals surface area (Å²) in [6.07, 6.45) is 1.29. The van der Waals surface area contributed by atoms with Crippen LogP contribution in [0.3, 0.4) is 0 Å². The first kappa shape index (κ1) is 18.4. The van der Waals surface area contributed by atoms with E-state index in [0.29, 0.717) is 11.3 Å². The molecular weight excluding hydrogens is 346 g/mol. The second-order valence-electron chi connectivity index (χ2n) is 5.32. The fraction of sp³-hybridized carbons (Fsp3) is 0.176. The molecule has 0 spiro atoms. The summed E-state index contributed by atoms with van der Waals surface area (Å²) in [5, 5.41) is 14.6. The molecule has 25 heavy (non-hydrogen) atoms. The molecule has 2 rings (SSSR count). The fourth-order valence-corrected chi connectivity index (χ4v) is 2.25. The van der Waals surface area contributed by atoms with Gasteiger partial charge in [-0.2, -0.15) is 5.10 Å². The molecule has 0 unspecified atom stereocenters. The fourth-order valence-electron chi connectivity index (χ4n) is 2.07. The van der Waals surface area contributed by atoms with Crippen molar-refractivity contribution in [3.05, 3.63) is 68.2 Å². The van der Waals surface area contributed by atoms with E-state index >= 15 is 0 Å². The first-order valence-electron chi connectivity index (χ1n) is 7.32. The molecule has 1 amide bonds. The van der Waals surface area contributed by atoms with Gasteiger partial charge in [-0.1, -0.05) is 35.4 Å². The molecule has 0 aliphatic heterocycles. The van der Waals surface area contributed by atoms with E-state index in [9.17, 15) is 14.9 Å². The molecule has 7 nitrogen and oxygen atoms in total. The van der Waals surface area contributed by atoms with Crippen molar-refractivity contribution in [1.29, 1.82) is 0 Å². The molecule has 0 heterocycles. The standard InChI is InChI=1S/C17H16ClN3O4/c1-11-3-6-16(12(2)7-11)25-10-17(22)20-19-9-13-4-5-14(18)15(8-13)21(23)24/h3-9H,10H2,1-2H3,(H,20,22). The molecule has 2 aromatic rings. The Hall–Kier alpha value is -2.93. The highest BCUT2D eigenvalue weighted by atomic mass is 35.5. The van der Waals surface area contributed by atoms with Crippen LogP contribution in [-0.4, -0.2) is 23.7 Å². The van der Waals surface area contributed by atoms with Crippen molar-refractivity contribution in [3.8, 4) is 5.75 Å². The zero-order valence-electron chi connectivity index (χ0n) is 13.7. The van der Waals surface area contributed by atoms with Crippen LogP contribution in [0.15, 0.2) is 41.5 Å². The van der Waals surface area contributed by atoms with E-state index in [-0.39, 0.29) is 17.3 Å². The van der Waals surface area contributed by atoms with Crippen molar-refractivity contribution in [2.24, 2.45) is 5.10 Å². The number of benzene rings is 2. The van der Waals surface area contributed by atoms with Gasteiger partial charge in [0.15, 0.2) is 6.61 Å². The van der Waals surface area contributed by atoms with Crippen LogP contribution in [0.4, 0.5) is 5.69 Å². The highest BCUT2D eigenvalue weighted by Crippen LogP contribution is 2.24. The lowest BCUT2D eigenvalue weighted by molar-refractivity contribution is -0.384. The number of ether oxygens (including phenoxy) is 1. The van der Waals surface area contributed by atoms with Crippen molar-refractivity contribution in [1.82, 2.24) is 5.43 Å². The molecule has 2 aromatic carbocycles. The molecule has 0 aliphatic rings. The first-order chi connectivity index (χ1) is 11.9. The van der Waals surface area contributed by atoms with Crippen LogP contribution >= 0.6 is 11.6 Å². The Morgan fingerprint density at radius 1 is 1.32 bits per heavy atom. The summed E-state index contributed by atoms with van der Waals surface area (Å²) < 4.78 is 5.43. The number of nitro groups is 1. The van der Waals surface area contributed by atoms with Gasteiger partial charge in [-0.25, -0.2) is 5.43 Å². The second-order valence-corrected chi connectivity index (χ2v) is 5.73. The van der Waals surface area contributed by atoms with E-state index in [4.69, 9.17) is 16.3 Å². The third kappa shape index (κ3) is 5.29. The maximum absolute atomic E-state index is 11.7. The third-order valence-electron chi connectivity index (χ3n) is 3.26. The lowest BCUT2D eigenvalue weighted by Crippen LogP contribution is -2.24. The van der Waals surface area contributed by atoms with Gasteiger partial charge >= 0.3 is 0 Å². The van der Waals surface area contributed by atoms with Gasteiger partial charge in [0.05, 0.1) is 11.1 Å². The zero-order chi connectivity index (χ0) is 18.4. The van der Waals surface area contributed by atoms with E-state index in [2.05, 4.69) is 10.5 Å². The zero-order valence-corrected chi connectivity index (χ0v) is 14.4. The van der Waals surface area contributed by atoms with E-state index in [1.165, 1.54) is 18.3 Å². The van der Waals surface area contributed by atoms with Crippen LogP contribution in [0.2, 0.25) is 5.02 Å². The highest BCUT2D eigenvalue weighted by Gasteiger charge is 2.12. The van der Waals surface area contributed by atoms with Gasteiger partial charge < -0.3 is 4.74 Å². The first-order valence-corrected chi connectivity index (χ1v) is 7.70. The number of hydrogen-bond acceptors (Lipinski definition) is 5. The van der Waals surface area contributed by atoms with Crippen molar-refractivity contribution >= 4 is 29.4 Å². The molecular formula is C17H16ClN3O4. The van der Waals surface area contributed by atoms with Gasteiger partial charge in [0.2, 0.25) is 0 Å². The summed E-state index contributed by atoms with van der Waals surface area (Å²) in [6, 6.07) is 9.87. The monoisotopic (exact) mass is 361 g/mol. The van der Waals surface area contributed by atoms with Crippen molar-refractivity contribution in [3.63, 3.8) is 0 Å². The minimum absolute atomic E-state index is 0.0352. The van der Waals surface area contributed by atoms with Gasteiger partial charge in [0.25, 0.3) is 11.6 Å². The molecule has 0 aromatic heterocycles. The largest absolute Gasteiger partial charge is 0.483 e. The third-order valence-corrected chi connectivity index (χ3v) is 3.58. The van der Waals surface area contributed by atoms with Gasteiger partial charge in [0.1, 0.15) is 10.8 Å². The number of nitrogens with one attached hydrogen (secondary N) is 1. The molecule has 0 saturated heterocycles. The smallest absolute Gasteiger partial charge is 0.288 e. The number of carbonyl (C=O) groups excluding carboxylic acids is 1. The van der Waals surface area contributed by atoms with Gasteiger partial charge in [0, 0.05) is 11.6 Å². The minimum atomic E-state index is -0.587. The molecule has 0 radical (unpaired) electrons. The summed E-state index contributed by atoms with van der Waals surface area (Å²) in [4.78, 5) is 22.0. The Bertz CT molecular complexity index is 837. The maximum Gasteiger partial charge on any atom is 0.288 e. The van der Waals surface area contributed by atoms with Crippen LogP contribution in [0, 0.1) is 24.0 Å². The lowest BCUT2D eigenvalue weighted by atomic mass is 10.1. The molecule has 0 atom stereocenters. The molecule has 1 N–H and O–H groups in total. The second kappa shape index (κ2) is 8.25. The minimum Gasteiger partial charge on any atom is -0.483 e. The Morgan fingerprint density at radius 2 is 2.08 bits per heavy atom. The number of rotatable bonds is 6. The summed E-state index contributed by atoms with van der Waals surface area (Å²) in [6.45, 7) is 3.67. The molecule has 0 saturated carbocycles. The number of amides is 1. The van der Waals surface area contributed by atoms with E-state index in [0.717, 1.165) is 11.1 Å². The number of nitro benzene ring substituents is 1. The average molecular weight is 362 g/mol. The molecule has 0 fully saturated rings. The topological polar surface area (TPSA) is 93.8 Å². The van der Waals surface area contributed by atoms with Gasteiger partial charge in [-0.05, 0) is 31.5 Å². The Balaban J connectivity index is 1.90. The number of hydrazone groups is 1. The van der Waals surface area contributed by atoms with Crippen LogP contribution < -0.4 is 10.2 Å². The number of aryl methyl sites for hydroxylation is 2. The van der Waals surface area contributed by atoms with Crippen LogP contribution in [0.1, 0.15) is 16.7 Å². The highest BCUT2D eigenvalue weighted by molar-refractivity contribution is 6.32. The lowest BCUT2D eigenvalue weighted by Gasteiger charge is -2.08. The van der Waals surface area contributed by atoms with Crippen LogP contribution in [0.25, 0.3) is 0 Å². The molecule has 8 heteroatoms. The Labute approximate surface area is 149 Å². The molecule has 130 valence electrons. The van der Waals surface area contributed by atoms with E-state index in [1.807, 2.05) is 26.0 Å². The average Bonchev–Trinajstić information content (AvgIpc) is 2.55. The Kier molecular flexibility index (Phi) is 6.08. The van der Waals surface area contributed by atoms with Crippen molar-refractivity contribution in [2.45, 2.75) is 13.8 Å². The SMILES string of the molecule is Cc1ccc(OCC(=O)NN=Cc2ccc(Cl)c([N+](=O)[O-])c2)c(C)c1. The quantitative estimate of drug-likeness (QED) is 0.484. The normalized spacial score (nSPS) is 10.7. The van der Waals surface area contributed by atoms with Crippen molar-refractivity contribution in [2.75, 3.05) is 6.61 Å². The number of halogens is 1. The van der Waals surface area contributed by atoms with E-state index < -0.39 is 10.8 Å². The molecule has 0 aliphatic carbocycles. The predicted octanol–water partition coefficient (Wildman–Crippen LogP) is 3.39. The van der Waals surface area contributed by atoms with Crippen LogP contribution in [0.5, 0.6) is 5.75 Å². The molecule has 0 bridgehead atoms. The predicted molar refractivity (Wildman–Crippen MR) is 95.3 cm³/mol. The number of hydrogen-bond donors (Lipinski definition) is 1. The van der Waals surface area contributed by atoms with Crippen molar-refractivity contribution < 1.29 is 14.5 Å². The summed E-state index contributed by atoms with van der Waals surface area (Å²) >= 11 is 5.73. The van der Waals surface area contributed by atoms with E-state index in [1.54, 1.807) is 12.1 Å². The Morgan fingerprint density at radius 3 is 2.76 bits per heavy atom. The van der Waals surface area contributed by atoms with Gasteiger partial charge in [-0.3, -0.25) is 14.9 Å².